The maximum atomic E-state index is 11.6. The molecule has 1 unspecified atom stereocenters. The number of benzene rings is 2. The number of carbonyl (C=O) groups is 2. The summed E-state index contributed by atoms with van der Waals surface area (Å²) < 4.78 is 9.88. The van der Waals surface area contributed by atoms with E-state index in [0.29, 0.717) is 19.4 Å². The lowest BCUT2D eigenvalue weighted by Crippen LogP contribution is -2.24. The Balaban J connectivity index is 0.000000244. The quantitative estimate of drug-likeness (QED) is 0.394. The van der Waals surface area contributed by atoms with E-state index < -0.39 is 0 Å². The van der Waals surface area contributed by atoms with Gasteiger partial charge in [0.2, 0.25) is 0 Å². The number of aryl methyl sites for hydroxylation is 1. The summed E-state index contributed by atoms with van der Waals surface area (Å²) in [7, 11) is 1.43. The molecule has 0 radical (unpaired) electrons. The van der Waals surface area contributed by atoms with Crippen molar-refractivity contribution in [3.63, 3.8) is 0 Å². The van der Waals surface area contributed by atoms with E-state index in [-0.39, 0.29) is 23.3 Å². The van der Waals surface area contributed by atoms with Crippen LogP contribution in [0, 0.1) is 11.3 Å². The third-order valence-corrected chi connectivity index (χ3v) is 5.46. The Hall–Kier alpha value is -3.14. The molecule has 3 rings (SSSR count). The zero-order valence-electron chi connectivity index (χ0n) is 19.3. The highest BCUT2D eigenvalue weighted by molar-refractivity contribution is 5.72. The Kier molecular flexibility index (Phi) is 10.5. The molecular weight excluding hydrogens is 400 g/mol. The van der Waals surface area contributed by atoms with E-state index in [1.54, 1.807) is 0 Å². The molecule has 0 amide bonds. The highest BCUT2D eigenvalue weighted by Gasteiger charge is 2.28. The van der Waals surface area contributed by atoms with E-state index in [0.717, 1.165) is 18.4 Å². The highest BCUT2D eigenvalue weighted by Crippen LogP contribution is 2.34. The minimum Gasteiger partial charge on any atom is -0.469 e. The molecule has 0 heterocycles. The van der Waals surface area contributed by atoms with Crippen molar-refractivity contribution >= 4 is 11.9 Å². The van der Waals surface area contributed by atoms with E-state index in [2.05, 4.69) is 42.9 Å². The topological polar surface area (TPSA) is 52.6 Å². The Morgan fingerprint density at radius 1 is 0.875 bits per heavy atom. The lowest BCUT2D eigenvalue weighted by atomic mass is 9.74. The van der Waals surface area contributed by atoms with Gasteiger partial charge in [-0.2, -0.15) is 0 Å². The molecule has 2 aromatic carbocycles. The SMILES string of the molecule is COC(=O)CC1C=CC=CC1(C)C.O=C(Cc1ccccc1)OCCCc1ccccc1. The zero-order valence-corrected chi connectivity index (χ0v) is 19.3. The molecule has 0 bridgehead atoms. The van der Waals surface area contributed by atoms with E-state index in [1.165, 1.54) is 12.7 Å². The number of hydrogen-bond donors (Lipinski definition) is 0. The molecule has 1 atom stereocenters. The van der Waals surface area contributed by atoms with Crippen molar-refractivity contribution in [2.24, 2.45) is 11.3 Å². The maximum Gasteiger partial charge on any atom is 0.310 e. The van der Waals surface area contributed by atoms with Gasteiger partial charge in [-0.05, 0) is 35.3 Å². The summed E-state index contributed by atoms with van der Waals surface area (Å²) in [6.07, 6.45) is 10.8. The van der Waals surface area contributed by atoms with Gasteiger partial charge in [0.1, 0.15) is 0 Å². The molecule has 0 fully saturated rings. The zero-order chi connectivity index (χ0) is 23.2. The molecule has 1 aliphatic carbocycles. The van der Waals surface area contributed by atoms with E-state index in [4.69, 9.17) is 4.74 Å². The van der Waals surface area contributed by atoms with E-state index in [1.807, 2.05) is 60.7 Å². The molecule has 0 aliphatic heterocycles. The monoisotopic (exact) mass is 434 g/mol. The van der Waals surface area contributed by atoms with Gasteiger partial charge in [-0.1, -0.05) is 98.8 Å². The molecule has 2 aromatic rings. The number of ether oxygens (including phenoxy) is 2. The second-order valence-electron chi connectivity index (χ2n) is 8.42. The van der Waals surface area contributed by atoms with Crippen LogP contribution in [-0.2, 0) is 31.9 Å². The fraction of sp³-hybridized carbons (Fsp3) is 0.357. The molecule has 170 valence electrons. The molecule has 32 heavy (non-hydrogen) atoms. The van der Waals surface area contributed by atoms with Crippen LogP contribution in [0.1, 0.15) is 37.8 Å². The second kappa shape index (κ2) is 13.3. The molecule has 1 aliphatic rings. The summed E-state index contributed by atoms with van der Waals surface area (Å²) in [5, 5.41) is 0. The number of carbonyl (C=O) groups excluding carboxylic acids is 2. The molecule has 0 saturated carbocycles. The van der Waals surface area contributed by atoms with Crippen LogP contribution >= 0.6 is 0 Å². The van der Waals surface area contributed by atoms with Crippen LogP contribution in [-0.4, -0.2) is 25.7 Å². The average molecular weight is 435 g/mol. The van der Waals surface area contributed by atoms with Crippen LogP contribution in [0.2, 0.25) is 0 Å². The van der Waals surface area contributed by atoms with Crippen LogP contribution in [0.25, 0.3) is 0 Å². The normalized spacial score (nSPS) is 15.9. The van der Waals surface area contributed by atoms with Gasteiger partial charge >= 0.3 is 11.9 Å². The van der Waals surface area contributed by atoms with Gasteiger partial charge in [-0.15, -0.1) is 0 Å². The molecular formula is C28H34O4. The van der Waals surface area contributed by atoms with Gasteiger partial charge in [0.05, 0.1) is 26.6 Å². The maximum absolute atomic E-state index is 11.6. The van der Waals surface area contributed by atoms with E-state index >= 15 is 0 Å². The van der Waals surface area contributed by atoms with Crippen molar-refractivity contribution in [1.82, 2.24) is 0 Å². The fourth-order valence-electron chi connectivity index (χ4n) is 3.39. The predicted octanol–water partition coefficient (Wildman–Crippen LogP) is 5.72. The van der Waals surface area contributed by atoms with Crippen molar-refractivity contribution < 1.29 is 19.1 Å². The van der Waals surface area contributed by atoms with Crippen molar-refractivity contribution in [3.05, 3.63) is 96.1 Å². The Labute approximate surface area is 191 Å². The number of methoxy groups -OCH3 is 1. The minimum absolute atomic E-state index is 0.0585. The third-order valence-electron chi connectivity index (χ3n) is 5.46. The van der Waals surface area contributed by atoms with Gasteiger partial charge in [-0.3, -0.25) is 9.59 Å². The summed E-state index contributed by atoms with van der Waals surface area (Å²) in [5.41, 5.74) is 2.33. The van der Waals surface area contributed by atoms with Crippen LogP contribution in [0.5, 0.6) is 0 Å². The van der Waals surface area contributed by atoms with Gasteiger partial charge in [0, 0.05) is 0 Å². The fourth-order valence-corrected chi connectivity index (χ4v) is 3.39. The lowest BCUT2D eigenvalue weighted by Gasteiger charge is -2.30. The largest absolute Gasteiger partial charge is 0.469 e. The van der Waals surface area contributed by atoms with Crippen molar-refractivity contribution in [2.75, 3.05) is 13.7 Å². The summed E-state index contributed by atoms with van der Waals surface area (Å²) in [6, 6.07) is 19.9. The minimum atomic E-state index is -0.153. The molecule has 0 spiro atoms. The van der Waals surface area contributed by atoms with Gasteiger partial charge in [-0.25, -0.2) is 0 Å². The first-order valence-corrected chi connectivity index (χ1v) is 11.1. The molecule has 4 heteroatoms. The van der Waals surface area contributed by atoms with Gasteiger partial charge in [0.15, 0.2) is 0 Å². The number of hydrogen-bond acceptors (Lipinski definition) is 4. The number of esters is 2. The summed E-state index contributed by atoms with van der Waals surface area (Å²) in [5.74, 6) is -0.0396. The summed E-state index contributed by atoms with van der Waals surface area (Å²) in [6.45, 7) is 4.74. The predicted molar refractivity (Wildman–Crippen MR) is 128 cm³/mol. The first-order valence-electron chi connectivity index (χ1n) is 11.1. The lowest BCUT2D eigenvalue weighted by molar-refractivity contribution is -0.143. The first-order chi connectivity index (χ1) is 15.4. The second-order valence-corrected chi connectivity index (χ2v) is 8.42. The Bertz CT molecular complexity index is 882. The average Bonchev–Trinajstić information content (AvgIpc) is 2.80. The number of allylic oxidation sites excluding steroid dienone is 4. The number of rotatable bonds is 8. The molecule has 4 nitrogen and oxygen atoms in total. The van der Waals surface area contributed by atoms with E-state index in [9.17, 15) is 9.59 Å². The van der Waals surface area contributed by atoms with Crippen molar-refractivity contribution in [2.45, 2.75) is 39.5 Å². The molecule has 0 saturated heterocycles. The van der Waals surface area contributed by atoms with Gasteiger partial charge < -0.3 is 9.47 Å². The van der Waals surface area contributed by atoms with Crippen LogP contribution in [0.15, 0.2) is 85.0 Å². The third kappa shape index (κ3) is 9.34. The van der Waals surface area contributed by atoms with Crippen LogP contribution < -0.4 is 0 Å². The standard InChI is InChI=1S/C17H18O2.C11H16O2/c18-17(14-16-10-5-2-6-11-16)19-13-7-12-15-8-3-1-4-9-15;1-11(2)7-5-4-6-9(11)8-10(12)13-3/h1-6,8-11H,7,12-14H2;4-7,9H,8H2,1-3H3. The van der Waals surface area contributed by atoms with Crippen molar-refractivity contribution in [1.29, 1.82) is 0 Å². The summed E-state index contributed by atoms with van der Waals surface area (Å²) >= 11 is 0. The van der Waals surface area contributed by atoms with Gasteiger partial charge in [0.25, 0.3) is 0 Å². The van der Waals surface area contributed by atoms with Crippen LogP contribution in [0.4, 0.5) is 0 Å². The van der Waals surface area contributed by atoms with Crippen LogP contribution in [0.3, 0.4) is 0 Å². The summed E-state index contributed by atoms with van der Waals surface area (Å²) in [4.78, 5) is 22.7. The Morgan fingerprint density at radius 3 is 2.09 bits per heavy atom. The smallest absolute Gasteiger partial charge is 0.310 e. The first kappa shape index (κ1) is 25.1. The highest BCUT2D eigenvalue weighted by atomic mass is 16.5. The molecule has 0 N–H and O–H groups in total. The molecule has 0 aromatic heterocycles. The Morgan fingerprint density at radius 2 is 1.50 bits per heavy atom. The van der Waals surface area contributed by atoms with Crippen molar-refractivity contribution in [3.8, 4) is 0 Å².